The van der Waals surface area contributed by atoms with Crippen LogP contribution >= 0.6 is 11.6 Å². The molecule has 0 amide bonds. The number of aryl methyl sites for hydroxylation is 1. The third-order valence-electron chi connectivity index (χ3n) is 1.57. The van der Waals surface area contributed by atoms with Crippen molar-refractivity contribution in [3.8, 4) is 0 Å². The van der Waals surface area contributed by atoms with Gasteiger partial charge < -0.3 is 0 Å². The molecule has 0 saturated heterocycles. The maximum absolute atomic E-state index is 11.6. The molecule has 0 radical (unpaired) electrons. The predicted octanol–water partition coefficient (Wildman–Crippen LogP) is 0.324. The maximum atomic E-state index is 11.6. The van der Waals surface area contributed by atoms with Crippen LogP contribution in [0.25, 0.3) is 0 Å². The topological polar surface area (TPSA) is 55.2 Å². The molecule has 0 aliphatic heterocycles. The van der Waals surface area contributed by atoms with Gasteiger partial charge in [0.05, 0.1) is 11.2 Å². The van der Waals surface area contributed by atoms with Crippen LogP contribution in [-0.2, 0) is 17.1 Å². The molecule has 7 heteroatoms. The fourth-order valence-electron chi connectivity index (χ4n) is 0.863. The van der Waals surface area contributed by atoms with Gasteiger partial charge in [-0.05, 0) is 0 Å². The summed E-state index contributed by atoms with van der Waals surface area (Å²) in [7, 11) is 0.923. The largest absolute Gasteiger partial charge is 0.261 e. The lowest BCUT2D eigenvalue weighted by Gasteiger charge is -2.11. The standard InChI is InChI=1S/C6H10ClN3O2S/c1-9(2)13(11,12)6-5(7)4-8-10(6)3/h4H,1-3H3. The molecule has 1 aromatic rings. The first-order valence-electron chi connectivity index (χ1n) is 3.47. The highest BCUT2D eigenvalue weighted by molar-refractivity contribution is 7.89. The van der Waals surface area contributed by atoms with Gasteiger partial charge in [0, 0.05) is 21.1 Å². The van der Waals surface area contributed by atoms with Crippen molar-refractivity contribution in [3.63, 3.8) is 0 Å². The van der Waals surface area contributed by atoms with Crippen LogP contribution in [0.5, 0.6) is 0 Å². The van der Waals surface area contributed by atoms with Gasteiger partial charge in [-0.15, -0.1) is 0 Å². The van der Waals surface area contributed by atoms with Crippen LogP contribution in [0.4, 0.5) is 0 Å². The molecule has 0 atom stereocenters. The third-order valence-corrected chi connectivity index (χ3v) is 3.89. The fraction of sp³-hybridized carbons (Fsp3) is 0.500. The van der Waals surface area contributed by atoms with Gasteiger partial charge in [0.1, 0.15) is 0 Å². The number of nitrogens with zero attached hydrogens (tertiary/aromatic N) is 3. The fourth-order valence-corrected chi connectivity index (χ4v) is 2.35. The zero-order chi connectivity index (χ0) is 10.2. The van der Waals surface area contributed by atoms with Gasteiger partial charge in [-0.2, -0.15) is 5.10 Å². The van der Waals surface area contributed by atoms with Crippen molar-refractivity contribution in [3.05, 3.63) is 11.2 Å². The number of hydrogen-bond donors (Lipinski definition) is 0. The van der Waals surface area contributed by atoms with E-state index in [2.05, 4.69) is 5.10 Å². The van der Waals surface area contributed by atoms with Crippen LogP contribution < -0.4 is 0 Å². The van der Waals surface area contributed by atoms with Gasteiger partial charge in [0.2, 0.25) is 0 Å². The highest BCUT2D eigenvalue weighted by atomic mass is 35.5. The smallest absolute Gasteiger partial charge is 0.255 e. The maximum Gasteiger partial charge on any atom is 0.261 e. The Morgan fingerprint density at radius 1 is 1.54 bits per heavy atom. The van der Waals surface area contributed by atoms with E-state index < -0.39 is 10.0 Å². The second-order valence-electron chi connectivity index (χ2n) is 2.71. The van der Waals surface area contributed by atoms with E-state index in [1.165, 1.54) is 32.0 Å². The van der Waals surface area contributed by atoms with Crippen molar-refractivity contribution in [1.29, 1.82) is 0 Å². The molecule has 0 fully saturated rings. The molecule has 0 unspecified atom stereocenters. The van der Waals surface area contributed by atoms with Crippen LogP contribution in [0, 0.1) is 0 Å². The van der Waals surface area contributed by atoms with Crippen LogP contribution in [-0.4, -0.2) is 36.6 Å². The van der Waals surface area contributed by atoms with E-state index >= 15 is 0 Å². The molecule has 1 rings (SSSR count). The van der Waals surface area contributed by atoms with Crippen molar-refractivity contribution in [2.45, 2.75) is 5.03 Å². The summed E-state index contributed by atoms with van der Waals surface area (Å²) in [5, 5.41) is 3.89. The molecule has 0 N–H and O–H groups in total. The first-order valence-corrected chi connectivity index (χ1v) is 5.29. The van der Waals surface area contributed by atoms with Crippen LogP contribution in [0.2, 0.25) is 5.02 Å². The second-order valence-corrected chi connectivity index (χ2v) is 5.18. The summed E-state index contributed by atoms with van der Waals surface area (Å²) in [4.78, 5) is 0. The summed E-state index contributed by atoms with van der Waals surface area (Å²) in [5.41, 5.74) is 0. The van der Waals surface area contributed by atoms with E-state index in [9.17, 15) is 8.42 Å². The van der Waals surface area contributed by atoms with Crippen LogP contribution in [0.3, 0.4) is 0 Å². The van der Waals surface area contributed by atoms with Gasteiger partial charge in [-0.25, -0.2) is 12.7 Å². The molecular weight excluding hydrogens is 214 g/mol. The summed E-state index contributed by atoms with van der Waals surface area (Å²) in [6, 6.07) is 0. The molecule has 0 saturated carbocycles. The highest BCUT2D eigenvalue weighted by Gasteiger charge is 2.24. The Morgan fingerprint density at radius 3 is 2.38 bits per heavy atom. The van der Waals surface area contributed by atoms with E-state index in [0.717, 1.165) is 4.31 Å². The quantitative estimate of drug-likeness (QED) is 0.726. The third kappa shape index (κ3) is 1.70. The number of hydrogen-bond acceptors (Lipinski definition) is 3. The number of sulfonamides is 1. The van der Waals surface area contributed by atoms with Crippen LogP contribution in [0.15, 0.2) is 11.2 Å². The molecule has 13 heavy (non-hydrogen) atoms. The second kappa shape index (κ2) is 3.28. The van der Waals surface area contributed by atoms with Crippen molar-refractivity contribution in [2.75, 3.05) is 14.1 Å². The molecule has 74 valence electrons. The van der Waals surface area contributed by atoms with E-state index in [4.69, 9.17) is 11.6 Å². The summed E-state index contributed by atoms with van der Waals surface area (Å²) >= 11 is 5.68. The van der Waals surface area contributed by atoms with Gasteiger partial charge in [-0.3, -0.25) is 4.68 Å². The minimum Gasteiger partial charge on any atom is -0.255 e. The lowest BCUT2D eigenvalue weighted by Crippen LogP contribution is -2.24. The molecule has 0 spiro atoms. The predicted molar refractivity (Wildman–Crippen MR) is 49.1 cm³/mol. The monoisotopic (exact) mass is 223 g/mol. The summed E-state index contributed by atoms with van der Waals surface area (Å²) in [5.74, 6) is 0. The Bertz CT molecular complexity index is 390. The van der Waals surface area contributed by atoms with E-state index in [1.54, 1.807) is 0 Å². The van der Waals surface area contributed by atoms with E-state index in [0.29, 0.717) is 0 Å². The molecule has 1 heterocycles. The molecule has 5 nitrogen and oxygen atoms in total. The lowest BCUT2D eigenvalue weighted by atomic mass is 10.7. The summed E-state index contributed by atoms with van der Waals surface area (Å²) in [6.45, 7) is 0. The average Bonchev–Trinajstić information content (AvgIpc) is 2.30. The first-order chi connectivity index (χ1) is 5.87. The number of aromatic nitrogens is 2. The minimum absolute atomic E-state index is 0.0131. The Balaban J connectivity index is 3.38. The van der Waals surface area contributed by atoms with Crippen molar-refractivity contribution in [2.24, 2.45) is 7.05 Å². The number of halogens is 1. The Kier molecular flexibility index (Phi) is 2.65. The van der Waals surface area contributed by atoms with Crippen LogP contribution in [0.1, 0.15) is 0 Å². The summed E-state index contributed by atoms with van der Waals surface area (Å²) in [6.07, 6.45) is 1.30. The zero-order valence-corrected chi connectivity index (χ0v) is 9.09. The SMILES string of the molecule is CN(C)S(=O)(=O)c1c(Cl)cnn1C. The molecule has 0 aliphatic rings. The van der Waals surface area contributed by atoms with Gasteiger partial charge in [0.15, 0.2) is 5.03 Å². The van der Waals surface area contributed by atoms with Crippen molar-refractivity contribution >= 4 is 21.6 Å². The molecule has 1 aromatic heterocycles. The zero-order valence-electron chi connectivity index (χ0n) is 7.52. The lowest BCUT2D eigenvalue weighted by molar-refractivity contribution is 0.506. The average molecular weight is 224 g/mol. The molecular formula is C6H10ClN3O2S. The minimum atomic E-state index is -3.49. The van der Waals surface area contributed by atoms with E-state index in [-0.39, 0.29) is 10.0 Å². The molecule has 0 aromatic carbocycles. The first kappa shape index (κ1) is 10.5. The van der Waals surface area contributed by atoms with Crippen molar-refractivity contribution in [1.82, 2.24) is 14.1 Å². The van der Waals surface area contributed by atoms with Gasteiger partial charge in [0.25, 0.3) is 10.0 Å². The molecule has 0 bridgehead atoms. The van der Waals surface area contributed by atoms with E-state index in [1.807, 2.05) is 0 Å². The molecule has 0 aliphatic carbocycles. The Hall–Kier alpha value is -0.590. The Labute approximate surface area is 82.0 Å². The van der Waals surface area contributed by atoms with Gasteiger partial charge in [-0.1, -0.05) is 11.6 Å². The van der Waals surface area contributed by atoms with Gasteiger partial charge >= 0.3 is 0 Å². The number of rotatable bonds is 2. The normalized spacial score (nSPS) is 12.4. The Morgan fingerprint density at radius 2 is 2.08 bits per heavy atom. The highest BCUT2D eigenvalue weighted by Crippen LogP contribution is 2.21. The summed E-state index contributed by atoms with van der Waals surface area (Å²) < 4.78 is 25.6. The van der Waals surface area contributed by atoms with Crippen molar-refractivity contribution < 1.29 is 8.42 Å².